The fourth-order valence-electron chi connectivity index (χ4n) is 2.16. The summed E-state index contributed by atoms with van der Waals surface area (Å²) < 4.78 is 0. The van der Waals surface area contributed by atoms with Crippen LogP contribution in [0.15, 0.2) is 67.2 Å². The molecule has 2 aromatic rings. The zero-order valence-electron chi connectivity index (χ0n) is 11.0. The van der Waals surface area contributed by atoms with E-state index in [0.29, 0.717) is 5.92 Å². The number of benzene rings is 2. The Labute approximate surface area is 110 Å². The predicted octanol–water partition coefficient (Wildman–Crippen LogP) is 5.28. The van der Waals surface area contributed by atoms with Crippen molar-refractivity contribution in [2.24, 2.45) is 0 Å². The smallest absolute Gasteiger partial charge is 0.0187 e. The molecule has 0 fully saturated rings. The van der Waals surface area contributed by atoms with Crippen molar-refractivity contribution < 1.29 is 0 Å². The van der Waals surface area contributed by atoms with Gasteiger partial charge in [-0.2, -0.15) is 0 Å². The summed E-state index contributed by atoms with van der Waals surface area (Å²) in [6.07, 6.45) is 2.21. The molecule has 0 N–H and O–H groups in total. The third kappa shape index (κ3) is 3.33. The Morgan fingerprint density at radius 2 is 1.50 bits per heavy atom. The van der Waals surface area contributed by atoms with Gasteiger partial charge in [0.15, 0.2) is 0 Å². The van der Waals surface area contributed by atoms with Crippen LogP contribution in [0, 0.1) is 0 Å². The second kappa shape index (κ2) is 6.20. The predicted molar refractivity (Wildman–Crippen MR) is 79.6 cm³/mol. The van der Waals surface area contributed by atoms with E-state index >= 15 is 0 Å². The van der Waals surface area contributed by atoms with Crippen molar-refractivity contribution in [1.82, 2.24) is 0 Å². The second-order valence-electron chi connectivity index (χ2n) is 4.82. The Bertz CT molecular complexity index is 482. The van der Waals surface area contributed by atoms with Gasteiger partial charge in [-0.15, -0.1) is 0 Å². The minimum atomic E-state index is 0.590. The molecule has 18 heavy (non-hydrogen) atoms. The van der Waals surface area contributed by atoms with Crippen LogP contribution in [0.2, 0.25) is 0 Å². The van der Waals surface area contributed by atoms with Gasteiger partial charge >= 0.3 is 0 Å². The minimum Gasteiger partial charge on any atom is -0.0952 e. The van der Waals surface area contributed by atoms with E-state index < -0.39 is 0 Å². The molecular formula is C18H20. The zero-order chi connectivity index (χ0) is 12.8. The molecule has 0 radical (unpaired) electrons. The van der Waals surface area contributed by atoms with Crippen LogP contribution in [0.5, 0.6) is 0 Å². The topological polar surface area (TPSA) is 0 Å². The van der Waals surface area contributed by atoms with E-state index in [9.17, 15) is 0 Å². The normalized spacial score (nSPS) is 12.1. The first-order valence-corrected chi connectivity index (χ1v) is 6.55. The highest BCUT2D eigenvalue weighted by atomic mass is 14.1. The maximum Gasteiger partial charge on any atom is -0.0187 e. The van der Waals surface area contributed by atoms with Crippen LogP contribution >= 0.6 is 0 Å². The number of hydrogen-bond donors (Lipinski definition) is 0. The lowest BCUT2D eigenvalue weighted by molar-refractivity contribution is 0.697. The Hall–Kier alpha value is -1.82. The first-order chi connectivity index (χ1) is 8.77. The van der Waals surface area contributed by atoms with E-state index in [1.807, 2.05) is 6.07 Å². The standard InChI is InChI=1S/C18H20/c1-15(17-9-5-3-6-10-17)13-14-16(2)18-11-7-4-8-12-18/h3-12,16H,1,13-14H2,2H3. The number of rotatable bonds is 5. The number of hydrogen-bond acceptors (Lipinski definition) is 0. The van der Waals surface area contributed by atoms with Gasteiger partial charge in [0, 0.05) is 0 Å². The summed E-state index contributed by atoms with van der Waals surface area (Å²) in [7, 11) is 0. The second-order valence-corrected chi connectivity index (χ2v) is 4.82. The summed E-state index contributed by atoms with van der Waals surface area (Å²) in [5, 5.41) is 0. The Kier molecular flexibility index (Phi) is 4.35. The summed E-state index contributed by atoms with van der Waals surface area (Å²) in [6, 6.07) is 21.2. The zero-order valence-corrected chi connectivity index (χ0v) is 11.0. The third-order valence-corrected chi connectivity index (χ3v) is 3.43. The molecule has 0 bridgehead atoms. The highest BCUT2D eigenvalue weighted by Gasteiger charge is 2.06. The van der Waals surface area contributed by atoms with Crippen LogP contribution in [0.3, 0.4) is 0 Å². The van der Waals surface area contributed by atoms with Gasteiger partial charge in [-0.1, -0.05) is 74.2 Å². The molecule has 0 saturated heterocycles. The molecule has 0 spiro atoms. The summed E-state index contributed by atoms with van der Waals surface area (Å²) in [4.78, 5) is 0. The fraction of sp³-hybridized carbons (Fsp3) is 0.222. The lowest BCUT2D eigenvalue weighted by atomic mass is 9.92. The van der Waals surface area contributed by atoms with Crippen LogP contribution in [-0.4, -0.2) is 0 Å². The molecule has 1 unspecified atom stereocenters. The van der Waals surface area contributed by atoms with Gasteiger partial charge in [-0.3, -0.25) is 0 Å². The van der Waals surface area contributed by atoms with E-state index in [1.54, 1.807) is 0 Å². The fourth-order valence-corrected chi connectivity index (χ4v) is 2.16. The average Bonchev–Trinajstić information content (AvgIpc) is 2.46. The Morgan fingerprint density at radius 1 is 0.944 bits per heavy atom. The van der Waals surface area contributed by atoms with Gasteiger partial charge < -0.3 is 0 Å². The van der Waals surface area contributed by atoms with E-state index in [4.69, 9.17) is 0 Å². The van der Waals surface area contributed by atoms with Gasteiger partial charge in [0.1, 0.15) is 0 Å². The molecule has 0 aliphatic carbocycles. The molecule has 0 nitrogen and oxygen atoms in total. The van der Waals surface area contributed by atoms with Crippen LogP contribution in [0.4, 0.5) is 0 Å². The number of allylic oxidation sites excluding steroid dienone is 1. The van der Waals surface area contributed by atoms with Crippen molar-refractivity contribution in [2.75, 3.05) is 0 Å². The Balaban J connectivity index is 1.91. The summed E-state index contributed by atoms with van der Waals surface area (Å²) in [5.41, 5.74) is 3.91. The van der Waals surface area contributed by atoms with Gasteiger partial charge in [-0.25, -0.2) is 0 Å². The first-order valence-electron chi connectivity index (χ1n) is 6.55. The van der Waals surface area contributed by atoms with Crippen LogP contribution in [0.25, 0.3) is 5.57 Å². The molecule has 2 aromatic carbocycles. The summed E-state index contributed by atoms with van der Waals surface area (Å²) in [5.74, 6) is 0.590. The molecule has 0 aliphatic rings. The quantitative estimate of drug-likeness (QED) is 0.662. The maximum absolute atomic E-state index is 4.19. The Morgan fingerprint density at radius 3 is 2.11 bits per heavy atom. The van der Waals surface area contributed by atoms with E-state index in [1.165, 1.54) is 16.7 Å². The average molecular weight is 236 g/mol. The molecule has 92 valence electrons. The lowest BCUT2D eigenvalue weighted by Gasteiger charge is -2.13. The van der Waals surface area contributed by atoms with E-state index in [0.717, 1.165) is 12.8 Å². The van der Waals surface area contributed by atoms with E-state index in [2.05, 4.69) is 68.1 Å². The molecule has 1 atom stereocenters. The van der Waals surface area contributed by atoms with Gasteiger partial charge in [0.05, 0.1) is 0 Å². The van der Waals surface area contributed by atoms with E-state index in [-0.39, 0.29) is 0 Å². The van der Waals surface area contributed by atoms with Crippen molar-refractivity contribution in [3.63, 3.8) is 0 Å². The van der Waals surface area contributed by atoms with Gasteiger partial charge in [0.2, 0.25) is 0 Å². The van der Waals surface area contributed by atoms with Crippen molar-refractivity contribution in [1.29, 1.82) is 0 Å². The maximum atomic E-state index is 4.19. The van der Waals surface area contributed by atoms with Crippen LogP contribution < -0.4 is 0 Å². The van der Waals surface area contributed by atoms with Crippen molar-refractivity contribution >= 4 is 5.57 Å². The molecule has 0 heteroatoms. The minimum absolute atomic E-state index is 0.590. The van der Waals surface area contributed by atoms with Gasteiger partial charge in [-0.05, 0) is 35.5 Å². The molecule has 0 saturated carbocycles. The molecule has 0 aromatic heterocycles. The highest BCUT2D eigenvalue weighted by Crippen LogP contribution is 2.25. The summed E-state index contributed by atoms with van der Waals surface area (Å²) in [6.45, 7) is 6.48. The van der Waals surface area contributed by atoms with Crippen molar-refractivity contribution in [3.8, 4) is 0 Å². The lowest BCUT2D eigenvalue weighted by Crippen LogP contribution is -1.94. The van der Waals surface area contributed by atoms with Gasteiger partial charge in [0.25, 0.3) is 0 Å². The molecule has 0 aliphatic heterocycles. The third-order valence-electron chi connectivity index (χ3n) is 3.43. The van der Waals surface area contributed by atoms with Crippen molar-refractivity contribution in [3.05, 3.63) is 78.4 Å². The first kappa shape index (κ1) is 12.6. The monoisotopic (exact) mass is 236 g/mol. The summed E-state index contributed by atoms with van der Waals surface area (Å²) >= 11 is 0. The largest absolute Gasteiger partial charge is 0.0952 e. The molecule has 2 rings (SSSR count). The van der Waals surface area contributed by atoms with Crippen LogP contribution in [0.1, 0.15) is 36.8 Å². The molecule has 0 heterocycles. The molecular weight excluding hydrogens is 216 g/mol. The molecule has 0 amide bonds. The van der Waals surface area contributed by atoms with Crippen LogP contribution in [-0.2, 0) is 0 Å². The SMILES string of the molecule is C=C(CCC(C)c1ccccc1)c1ccccc1. The van der Waals surface area contributed by atoms with Crippen molar-refractivity contribution in [2.45, 2.75) is 25.7 Å². The highest BCUT2D eigenvalue weighted by molar-refractivity contribution is 5.63.